The molecule has 0 amide bonds. The van der Waals surface area contributed by atoms with Crippen LogP contribution < -0.4 is 0 Å². The smallest absolute Gasteiger partial charge is 0.123 e. The standard InChI is InChI=1S/C15H19NOS/c1-2-3-4-5-8-13-11-18-15(16-13)12-7-6-9-14(17)10-12/h6-7,9-11,17H,2-5,8H2,1H3. The Bertz CT molecular complexity index is 493. The second-order valence-electron chi connectivity index (χ2n) is 4.50. The van der Waals surface area contributed by atoms with Crippen LogP contribution in [0.5, 0.6) is 5.75 Å². The molecule has 2 rings (SSSR count). The number of phenols is 1. The highest BCUT2D eigenvalue weighted by Gasteiger charge is 2.05. The summed E-state index contributed by atoms with van der Waals surface area (Å²) in [4.78, 5) is 4.63. The van der Waals surface area contributed by atoms with Crippen LogP contribution in [0.15, 0.2) is 29.6 Å². The lowest BCUT2D eigenvalue weighted by Crippen LogP contribution is -1.86. The first-order valence-corrected chi connectivity index (χ1v) is 7.41. The van der Waals surface area contributed by atoms with Gasteiger partial charge >= 0.3 is 0 Å². The van der Waals surface area contributed by atoms with Crippen molar-refractivity contribution < 1.29 is 5.11 Å². The fraction of sp³-hybridized carbons (Fsp3) is 0.400. The summed E-state index contributed by atoms with van der Waals surface area (Å²) in [5.74, 6) is 0.298. The van der Waals surface area contributed by atoms with Crippen molar-refractivity contribution in [2.24, 2.45) is 0 Å². The molecule has 96 valence electrons. The lowest BCUT2D eigenvalue weighted by Gasteiger charge is -1.98. The predicted molar refractivity (Wildman–Crippen MR) is 77.1 cm³/mol. The lowest BCUT2D eigenvalue weighted by molar-refractivity contribution is 0.475. The van der Waals surface area contributed by atoms with E-state index in [0.717, 1.165) is 17.0 Å². The number of hydrogen-bond donors (Lipinski definition) is 1. The Balaban J connectivity index is 1.97. The number of aryl methyl sites for hydroxylation is 1. The topological polar surface area (TPSA) is 33.1 Å². The Morgan fingerprint density at radius 1 is 1.22 bits per heavy atom. The molecule has 0 unspecified atom stereocenters. The summed E-state index contributed by atoms with van der Waals surface area (Å²) in [7, 11) is 0. The van der Waals surface area contributed by atoms with Gasteiger partial charge in [-0.3, -0.25) is 0 Å². The number of phenolic OH excluding ortho intramolecular Hbond substituents is 1. The fourth-order valence-corrected chi connectivity index (χ4v) is 2.78. The van der Waals surface area contributed by atoms with E-state index in [1.165, 1.54) is 31.4 Å². The van der Waals surface area contributed by atoms with Crippen LogP contribution in [0.3, 0.4) is 0 Å². The van der Waals surface area contributed by atoms with Crippen LogP contribution in [-0.4, -0.2) is 10.1 Å². The van der Waals surface area contributed by atoms with Gasteiger partial charge in [0.25, 0.3) is 0 Å². The van der Waals surface area contributed by atoms with Gasteiger partial charge in [-0.05, 0) is 25.0 Å². The van der Waals surface area contributed by atoms with Crippen LogP contribution in [0.4, 0.5) is 0 Å². The van der Waals surface area contributed by atoms with Gasteiger partial charge in [0, 0.05) is 10.9 Å². The number of thiazole rings is 1. The molecule has 1 aromatic heterocycles. The molecule has 0 fully saturated rings. The van der Waals surface area contributed by atoms with Crippen molar-refractivity contribution in [2.75, 3.05) is 0 Å². The van der Waals surface area contributed by atoms with E-state index in [-0.39, 0.29) is 0 Å². The van der Waals surface area contributed by atoms with E-state index < -0.39 is 0 Å². The minimum Gasteiger partial charge on any atom is -0.508 e. The van der Waals surface area contributed by atoms with Gasteiger partial charge in [0.1, 0.15) is 10.8 Å². The Morgan fingerprint density at radius 2 is 2.11 bits per heavy atom. The Hall–Kier alpha value is -1.35. The minimum atomic E-state index is 0.298. The van der Waals surface area contributed by atoms with Crippen molar-refractivity contribution in [3.8, 4) is 16.3 Å². The monoisotopic (exact) mass is 261 g/mol. The third-order valence-corrected chi connectivity index (χ3v) is 3.87. The first-order valence-electron chi connectivity index (χ1n) is 6.53. The van der Waals surface area contributed by atoms with E-state index in [0.29, 0.717) is 5.75 Å². The number of hydrogen-bond acceptors (Lipinski definition) is 3. The van der Waals surface area contributed by atoms with Crippen LogP contribution in [0.1, 0.15) is 38.3 Å². The molecule has 0 aliphatic rings. The molecule has 0 saturated carbocycles. The maximum absolute atomic E-state index is 9.46. The van der Waals surface area contributed by atoms with Gasteiger partial charge in [0.15, 0.2) is 0 Å². The number of aromatic nitrogens is 1. The summed E-state index contributed by atoms with van der Waals surface area (Å²) < 4.78 is 0. The van der Waals surface area contributed by atoms with Crippen LogP contribution in [0, 0.1) is 0 Å². The van der Waals surface area contributed by atoms with Crippen LogP contribution in [-0.2, 0) is 6.42 Å². The number of nitrogens with zero attached hydrogens (tertiary/aromatic N) is 1. The highest BCUT2D eigenvalue weighted by Crippen LogP contribution is 2.26. The summed E-state index contributed by atoms with van der Waals surface area (Å²) in [6.07, 6.45) is 6.15. The summed E-state index contributed by atoms with van der Waals surface area (Å²) in [6.45, 7) is 2.23. The molecule has 18 heavy (non-hydrogen) atoms. The molecule has 0 aliphatic carbocycles. The molecule has 0 spiro atoms. The van der Waals surface area contributed by atoms with Crippen LogP contribution >= 0.6 is 11.3 Å². The van der Waals surface area contributed by atoms with Crippen molar-refractivity contribution in [2.45, 2.75) is 39.0 Å². The molecule has 3 heteroatoms. The van der Waals surface area contributed by atoms with Crippen LogP contribution in [0.25, 0.3) is 10.6 Å². The minimum absolute atomic E-state index is 0.298. The molecule has 1 heterocycles. The van der Waals surface area contributed by atoms with Gasteiger partial charge in [-0.1, -0.05) is 38.3 Å². The van der Waals surface area contributed by atoms with Crippen molar-refractivity contribution in [3.63, 3.8) is 0 Å². The third kappa shape index (κ3) is 3.57. The van der Waals surface area contributed by atoms with Gasteiger partial charge in [-0.25, -0.2) is 4.98 Å². The van der Waals surface area contributed by atoms with Gasteiger partial charge in [-0.2, -0.15) is 0 Å². The molecule has 0 aliphatic heterocycles. The molecule has 2 aromatic rings. The molecule has 1 N–H and O–H groups in total. The number of aromatic hydroxyl groups is 1. The first-order chi connectivity index (χ1) is 8.79. The molecule has 0 atom stereocenters. The van der Waals surface area contributed by atoms with Gasteiger partial charge in [0.05, 0.1) is 5.69 Å². The summed E-state index contributed by atoms with van der Waals surface area (Å²) >= 11 is 1.65. The zero-order valence-corrected chi connectivity index (χ0v) is 11.5. The van der Waals surface area contributed by atoms with E-state index in [1.54, 1.807) is 23.5 Å². The second kappa shape index (κ2) is 6.55. The lowest BCUT2D eigenvalue weighted by atomic mass is 10.1. The SMILES string of the molecule is CCCCCCc1csc(-c2cccc(O)c2)n1. The molecule has 0 bridgehead atoms. The van der Waals surface area contributed by atoms with Gasteiger partial charge < -0.3 is 5.11 Å². The van der Waals surface area contributed by atoms with Crippen molar-refractivity contribution in [1.29, 1.82) is 0 Å². The summed E-state index contributed by atoms with van der Waals surface area (Å²) in [6, 6.07) is 7.29. The predicted octanol–water partition coefficient (Wildman–Crippen LogP) is 4.64. The van der Waals surface area contributed by atoms with Crippen LogP contribution in [0.2, 0.25) is 0 Å². The maximum atomic E-state index is 9.46. The van der Waals surface area contributed by atoms with Gasteiger partial charge in [0.2, 0.25) is 0 Å². The largest absolute Gasteiger partial charge is 0.508 e. The molecule has 1 aromatic carbocycles. The Morgan fingerprint density at radius 3 is 2.89 bits per heavy atom. The van der Waals surface area contributed by atoms with E-state index in [9.17, 15) is 5.11 Å². The average Bonchev–Trinajstić information content (AvgIpc) is 2.83. The zero-order valence-electron chi connectivity index (χ0n) is 10.7. The molecular weight excluding hydrogens is 242 g/mol. The quantitative estimate of drug-likeness (QED) is 0.768. The molecule has 2 nitrogen and oxygen atoms in total. The summed E-state index contributed by atoms with van der Waals surface area (Å²) in [5.41, 5.74) is 2.18. The third-order valence-electron chi connectivity index (χ3n) is 2.93. The highest BCUT2D eigenvalue weighted by molar-refractivity contribution is 7.13. The zero-order chi connectivity index (χ0) is 12.8. The van der Waals surface area contributed by atoms with E-state index in [4.69, 9.17) is 0 Å². The number of benzene rings is 1. The average molecular weight is 261 g/mol. The Kier molecular flexibility index (Phi) is 4.76. The van der Waals surface area contributed by atoms with Gasteiger partial charge in [-0.15, -0.1) is 11.3 Å². The molecule has 0 saturated heterocycles. The second-order valence-corrected chi connectivity index (χ2v) is 5.36. The van der Waals surface area contributed by atoms with E-state index >= 15 is 0 Å². The fourth-order valence-electron chi connectivity index (χ4n) is 1.93. The number of rotatable bonds is 6. The molecular formula is C15H19NOS. The molecule has 0 radical (unpaired) electrons. The van der Waals surface area contributed by atoms with Crippen molar-refractivity contribution in [1.82, 2.24) is 4.98 Å². The maximum Gasteiger partial charge on any atom is 0.123 e. The van der Waals surface area contributed by atoms with E-state index in [1.807, 2.05) is 12.1 Å². The number of unbranched alkanes of at least 4 members (excludes halogenated alkanes) is 3. The van der Waals surface area contributed by atoms with Crippen molar-refractivity contribution in [3.05, 3.63) is 35.3 Å². The first kappa shape index (κ1) is 13.1. The normalized spacial score (nSPS) is 10.7. The Labute approximate surface area is 112 Å². The van der Waals surface area contributed by atoms with E-state index in [2.05, 4.69) is 17.3 Å². The summed E-state index contributed by atoms with van der Waals surface area (Å²) in [5, 5.41) is 12.6. The van der Waals surface area contributed by atoms with Crippen molar-refractivity contribution >= 4 is 11.3 Å². The highest BCUT2D eigenvalue weighted by atomic mass is 32.1.